The molecule has 4 aromatic rings. The van der Waals surface area contributed by atoms with Crippen LogP contribution in [0, 0.1) is 0 Å². The van der Waals surface area contributed by atoms with E-state index in [0.29, 0.717) is 22.9 Å². The third-order valence-electron chi connectivity index (χ3n) is 5.57. The van der Waals surface area contributed by atoms with E-state index in [1.54, 1.807) is 74.9 Å². The maximum atomic E-state index is 12.2. The van der Waals surface area contributed by atoms with Gasteiger partial charge in [-0.25, -0.2) is 0 Å². The number of anilines is 2. The number of carbonyl (C=O) groups is 2. The van der Waals surface area contributed by atoms with Crippen LogP contribution in [0.5, 0.6) is 23.0 Å². The van der Waals surface area contributed by atoms with E-state index >= 15 is 0 Å². The predicted molar refractivity (Wildman–Crippen MR) is 154 cm³/mol. The summed E-state index contributed by atoms with van der Waals surface area (Å²) < 4.78 is 16.1. The van der Waals surface area contributed by atoms with Crippen LogP contribution in [0.25, 0.3) is 12.2 Å². The van der Waals surface area contributed by atoms with Gasteiger partial charge >= 0.3 is 0 Å². The molecule has 4 aromatic carbocycles. The lowest BCUT2D eigenvalue weighted by Gasteiger charge is -2.08. The van der Waals surface area contributed by atoms with Gasteiger partial charge in [0.15, 0.2) is 0 Å². The molecule has 7 nitrogen and oxygen atoms in total. The van der Waals surface area contributed by atoms with Crippen LogP contribution in [0.4, 0.5) is 11.4 Å². The number of rotatable bonds is 10. The van der Waals surface area contributed by atoms with E-state index in [2.05, 4.69) is 10.6 Å². The van der Waals surface area contributed by atoms with E-state index in [9.17, 15) is 9.59 Å². The lowest BCUT2D eigenvalue weighted by atomic mass is 10.2. The first-order chi connectivity index (χ1) is 19.0. The van der Waals surface area contributed by atoms with Gasteiger partial charge in [0.05, 0.1) is 14.2 Å². The molecule has 2 N–H and O–H groups in total. The monoisotopic (exact) mass is 520 g/mol. The zero-order valence-electron chi connectivity index (χ0n) is 21.6. The van der Waals surface area contributed by atoms with Gasteiger partial charge in [0.2, 0.25) is 11.8 Å². The molecule has 0 atom stereocenters. The van der Waals surface area contributed by atoms with Crippen molar-refractivity contribution in [3.63, 3.8) is 0 Å². The van der Waals surface area contributed by atoms with Crippen molar-refractivity contribution >= 4 is 35.3 Å². The lowest BCUT2D eigenvalue weighted by molar-refractivity contribution is -0.112. The van der Waals surface area contributed by atoms with Crippen LogP contribution in [-0.2, 0) is 9.59 Å². The van der Waals surface area contributed by atoms with Gasteiger partial charge in [-0.3, -0.25) is 9.59 Å². The van der Waals surface area contributed by atoms with Crippen LogP contribution in [0.2, 0.25) is 0 Å². The molecule has 0 fully saturated rings. The Morgan fingerprint density at radius 1 is 0.513 bits per heavy atom. The molecule has 7 heteroatoms. The second-order valence-electron chi connectivity index (χ2n) is 8.34. The van der Waals surface area contributed by atoms with Gasteiger partial charge in [-0.05, 0) is 96.1 Å². The highest BCUT2D eigenvalue weighted by molar-refractivity contribution is 6.02. The first-order valence-electron chi connectivity index (χ1n) is 12.1. The van der Waals surface area contributed by atoms with E-state index in [4.69, 9.17) is 14.2 Å². The SMILES string of the molecule is COc1ccc(C=CC(=O)Nc2ccc(Oc3ccc(NC(=O)C=Cc4ccc(OC)cc4)cc3)cc2)cc1. The number of hydrogen-bond acceptors (Lipinski definition) is 5. The minimum absolute atomic E-state index is 0.240. The quantitative estimate of drug-likeness (QED) is 0.225. The molecule has 39 heavy (non-hydrogen) atoms. The molecule has 0 aromatic heterocycles. The lowest BCUT2D eigenvalue weighted by Crippen LogP contribution is -2.07. The molecule has 2 amide bonds. The smallest absolute Gasteiger partial charge is 0.248 e. The fourth-order valence-electron chi connectivity index (χ4n) is 3.49. The van der Waals surface area contributed by atoms with Crippen molar-refractivity contribution in [1.82, 2.24) is 0 Å². The minimum atomic E-state index is -0.240. The molecule has 0 saturated heterocycles. The zero-order chi connectivity index (χ0) is 27.5. The molecule has 0 bridgehead atoms. The van der Waals surface area contributed by atoms with Crippen molar-refractivity contribution in [3.05, 3.63) is 120 Å². The predicted octanol–water partition coefficient (Wildman–Crippen LogP) is 6.80. The van der Waals surface area contributed by atoms with Gasteiger partial charge in [0.1, 0.15) is 23.0 Å². The Morgan fingerprint density at radius 2 is 0.846 bits per heavy atom. The summed E-state index contributed by atoms with van der Waals surface area (Å²) >= 11 is 0. The van der Waals surface area contributed by atoms with E-state index in [1.807, 2.05) is 48.5 Å². The molecule has 196 valence electrons. The van der Waals surface area contributed by atoms with Crippen LogP contribution in [0.1, 0.15) is 11.1 Å². The van der Waals surface area contributed by atoms with Crippen LogP contribution in [0.3, 0.4) is 0 Å². The fourth-order valence-corrected chi connectivity index (χ4v) is 3.49. The van der Waals surface area contributed by atoms with E-state index in [1.165, 1.54) is 12.2 Å². The van der Waals surface area contributed by atoms with E-state index in [0.717, 1.165) is 22.6 Å². The molecule has 0 radical (unpaired) electrons. The average Bonchev–Trinajstić information content (AvgIpc) is 2.97. The number of nitrogens with one attached hydrogen (secondary N) is 2. The van der Waals surface area contributed by atoms with Crippen LogP contribution >= 0.6 is 0 Å². The Balaban J connectivity index is 1.25. The van der Waals surface area contributed by atoms with Crippen molar-refractivity contribution in [2.45, 2.75) is 0 Å². The molecule has 0 aliphatic rings. The summed E-state index contributed by atoms with van der Waals surface area (Å²) in [7, 11) is 3.22. The Morgan fingerprint density at radius 3 is 1.18 bits per heavy atom. The molecule has 0 saturated carbocycles. The van der Waals surface area contributed by atoms with Gasteiger partial charge in [-0.1, -0.05) is 24.3 Å². The van der Waals surface area contributed by atoms with Crippen molar-refractivity contribution < 1.29 is 23.8 Å². The third-order valence-corrected chi connectivity index (χ3v) is 5.57. The van der Waals surface area contributed by atoms with Gasteiger partial charge in [0.25, 0.3) is 0 Å². The summed E-state index contributed by atoms with van der Waals surface area (Å²) in [4.78, 5) is 24.5. The Hall–Kier alpha value is -5.30. The van der Waals surface area contributed by atoms with E-state index in [-0.39, 0.29) is 11.8 Å². The molecule has 0 heterocycles. The second kappa shape index (κ2) is 13.3. The number of carbonyl (C=O) groups excluding carboxylic acids is 2. The summed E-state index contributed by atoms with van der Waals surface area (Å²) in [6.07, 6.45) is 6.41. The number of methoxy groups -OCH3 is 2. The van der Waals surface area contributed by atoms with Crippen molar-refractivity contribution in [3.8, 4) is 23.0 Å². The molecule has 0 aliphatic heterocycles. The molecule has 0 spiro atoms. The Labute approximate surface area is 227 Å². The highest BCUT2D eigenvalue weighted by atomic mass is 16.5. The van der Waals surface area contributed by atoms with Gasteiger partial charge in [0, 0.05) is 23.5 Å². The number of amides is 2. The normalized spacial score (nSPS) is 10.8. The van der Waals surface area contributed by atoms with Crippen LogP contribution in [0.15, 0.2) is 109 Å². The van der Waals surface area contributed by atoms with Crippen LogP contribution in [-0.4, -0.2) is 26.0 Å². The van der Waals surface area contributed by atoms with E-state index < -0.39 is 0 Å². The fraction of sp³-hybridized carbons (Fsp3) is 0.0625. The first-order valence-corrected chi connectivity index (χ1v) is 12.1. The van der Waals surface area contributed by atoms with Crippen molar-refractivity contribution in [2.24, 2.45) is 0 Å². The Bertz CT molecular complexity index is 1330. The highest BCUT2D eigenvalue weighted by Gasteiger charge is 2.03. The van der Waals surface area contributed by atoms with Crippen LogP contribution < -0.4 is 24.8 Å². The number of ether oxygens (including phenoxy) is 3. The van der Waals surface area contributed by atoms with Crippen molar-refractivity contribution in [2.75, 3.05) is 24.9 Å². The minimum Gasteiger partial charge on any atom is -0.497 e. The first kappa shape index (κ1) is 26.8. The summed E-state index contributed by atoms with van der Waals surface area (Å²) in [5.41, 5.74) is 3.08. The Kier molecular flexibility index (Phi) is 9.13. The maximum absolute atomic E-state index is 12.2. The summed E-state index contributed by atoms with van der Waals surface area (Å²) in [5.74, 6) is 2.26. The van der Waals surface area contributed by atoms with Gasteiger partial charge < -0.3 is 24.8 Å². The molecule has 0 aliphatic carbocycles. The van der Waals surface area contributed by atoms with Gasteiger partial charge in [-0.2, -0.15) is 0 Å². The largest absolute Gasteiger partial charge is 0.497 e. The zero-order valence-corrected chi connectivity index (χ0v) is 21.6. The average molecular weight is 521 g/mol. The molecule has 0 unspecified atom stereocenters. The highest BCUT2D eigenvalue weighted by Crippen LogP contribution is 2.24. The summed E-state index contributed by atoms with van der Waals surface area (Å²) in [5, 5.41) is 5.64. The summed E-state index contributed by atoms with van der Waals surface area (Å²) in [6, 6.07) is 28.9. The molecular formula is C32H28N2O5. The van der Waals surface area contributed by atoms with Gasteiger partial charge in [-0.15, -0.1) is 0 Å². The van der Waals surface area contributed by atoms with Crippen molar-refractivity contribution in [1.29, 1.82) is 0 Å². The second-order valence-corrected chi connectivity index (χ2v) is 8.34. The molecular weight excluding hydrogens is 492 g/mol. The topological polar surface area (TPSA) is 85.9 Å². The number of benzene rings is 4. The standard InChI is InChI=1S/C32H28N2O5/c1-37-27-13-3-23(4-14-27)7-21-31(35)33-25-9-17-29(18-10-25)39-30-19-11-26(12-20-30)34-32(36)22-8-24-5-15-28(38-2)16-6-24/h3-22H,1-2H3,(H,33,35)(H,34,36). The number of hydrogen-bond donors (Lipinski definition) is 2. The summed E-state index contributed by atoms with van der Waals surface area (Å²) in [6.45, 7) is 0. The third kappa shape index (κ3) is 8.36. The maximum Gasteiger partial charge on any atom is 0.248 e. The molecule has 4 rings (SSSR count).